The number of rotatable bonds is 9. The van der Waals surface area contributed by atoms with Crippen molar-refractivity contribution in [2.75, 3.05) is 43.4 Å². The van der Waals surface area contributed by atoms with Crippen molar-refractivity contribution in [3.8, 4) is 17.0 Å². The van der Waals surface area contributed by atoms with Gasteiger partial charge < -0.3 is 14.6 Å². The zero-order chi connectivity index (χ0) is 25.0. The van der Waals surface area contributed by atoms with Gasteiger partial charge in [-0.1, -0.05) is 0 Å². The third kappa shape index (κ3) is 5.30. The number of carbonyl (C=O) groups excluding carboxylic acids is 1. The molecule has 1 aliphatic rings. The first-order valence-electron chi connectivity index (χ1n) is 10.4. The van der Waals surface area contributed by atoms with Crippen LogP contribution in [0.3, 0.4) is 0 Å². The molecule has 186 valence electrons. The Kier molecular flexibility index (Phi) is 7.77. The van der Waals surface area contributed by atoms with Crippen molar-refractivity contribution in [3.05, 3.63) is 40.6 Å². The number of aliphatic hydroxyl groups excluding tert-OH is 1. The van der Waals surface area contributed by atoms with Crippen LogP contribution in [-0.4, -0.2) is 66.5 Å². The topological polar surface area (TPSA) is 97.1 Å². The zero-order valence-corrected chi connectivity index (χ0v) is 18.5. The first-order chi connectivity index (χ1) is 16.1. The molecule has 0 saturated carbocycles. The van der Waals surface area contributed by atoms with Gasteiger partial charge in [0.2, 0.25) is 17.7 Å². The number of hydrogen-bond acceptors (Lipinski definition) is 7. The molecular weight excluding hydrogens is 464 g/mol. The minimum atomic E-state index is -5.03. The number of alkyl halides is 3. The van der Waals surface area contributed by atoms with E-state index in [1.165, 1.54) is 24.3 Å². The number of halogens is 4. The fraction of sp³-hybridized carbons (Fsp3) is 0.476. The number of ether oxygens (including phenoxy) is 2. The van der Waals surface area contributed by atoms with Crippen LogP contribution >= 0.6 is 0 Å². The predicted molar refractivity (Wildman–Crippen MR) is 114 cm³/mol. The van der Waals surface area contributed by atoms with Crippen molar-refractivity contribution in [2.24, 2.45) is 0 Å². The normalized spacial score (nSPS) is 16.3. The second-order valence-corrected chi connectivity index (χ2v) is 7.54. The average molecular weight is 488 g/mol. The van der Waals surface area contributed by atoms with Gasteiger partial charge in [0.1, 0.15) is 18.1 Å². The maximum absolute atomic E-state index is 15.2. The van der Waals surface area contributed by atoms with Crippen LogP contribution in [-0.2, 0) is 9.53 Å². The van der Waals surface area contributed by atoms with E-state index in [1.807, 2.05) is 0 Å². The summed E-state index contributed by atoms with van der Waals surface area (Å²) < 4.78 is 66.6. The molecular formula is C21H24F4N4O5. The molecule has 1 aliphatic heterocycles. The first kappa shape index (κ1) is 25.4. The van der Waals surface area contributed by atoms with Crippen LogP contribution in [0.5, 0.6) is 5.75 Å². The van der Waals surface area contributed by atoms with E-state index in [0.717, 1.165) is 4.90 Å². The Morgan fingerprint density at radius 3 is 2.41 bits per heavy atom. The molecule has 2 heterocycles. The Morgan fingerprint density at radius 1 is 1.18 bits per heavy atom. The maximum Gasteiger partial charge on any atom is 0.498 e. The zero-order valence-electron chi connectivity index (χ0n) is 18.5. The highest BCUT2D eigenvalue weighted by Crippen LogP contribution is 2.29. The second-order valence-electron chi connectivity index (χ2n) is 7.54. The molecule has 1 unspecified atom stereocenters. The molecule has 1 atom stereocenters. The fourth-order valence-corrected chi connectivity index (χ4v) is 3.52. The Bertz CT molecular complexity index is 1070. The number of nitrogens with zero attached hydrogens (tertiary/aromatic N) is 4. The molecule has 1 saturated heterocycles. The van der Waals surface area contributed by atoms with E-state index in [1.54, 1.807) is 6.92 Å². The molecule has 9 nitrogen and oxygen atoms in total. The lowest BCUT2D eigenvalue weighted by molar-refractivity contribution is -0.142. The molecule has 0 spiro atoms. The van der Waals surface area contributed by atoms with Crippen molar-refractivity contribution in [1.82, 2.24) is 9.66 Å². The van der Waals surface area contributed by atoms with Gasteiger partial charge in [-0.15, -0.1) is 13.2 Å². The summed E-state index contributed by atoms with van der Waals surface area (Å²) in [6.07, 6.45) is -4.58. The van der Waals surface area contributed by atoms with Gasteiger partial charge in [-0.3, -0.25) is 14.5 Å². The SMILES string of the molecule is CC1CCC(=O)N1c1nc(F)c(-c2ccc(OCCOCCO)cc2)n(N(C)C(F)(F)F)c1=O. The smallest absolute Gasteiger partial charge is 0.491 e. The third-order valence-electron chi connectivity index (χ3n) is 5.24. The molecule has 0 radical (unpaired) electrons. The molecule has 1 amide bonds. The van der Waals surface area contributed by atoms with Crippen molar-refractivity contribution in [1.29, 1.82) is 0 Å². The molecule has 2 aromatic rings. The van der Waals surface area contributed by atoms with Crippen molar-refractivity contribution in [3.63, 3.8) is 0 Å². The lowest BCUT2D eigenvalue weighted by atomic mass is 10.1. The minimum Gasteiger partial charge on any atom is -0.491 e. The van der Waals surface area contributed by atoms with E-state index < -0.39 is 41.3 Å². The molecule has 0 aliphatic carbocycles. The Morgan fingerprint density at radius 2 is 1.85 bits per heavy atom. The van der Waals surface area contributed by atoms with Gasteiger partial charge in [0.25, 0.3) is 0 Å². The summed E-state index contributed by atoms with van der Waals surface area (Å²) in [6.45, 7) is 1.96. The van der Waals surface area contributed by atoms with E-state index in [9.17, 15) is 22.8 Å². The molecule has 1 N–H and O–H groups in total. The summed E-state index contributed by atoms with van der Waals surface area (Å²) in [7, 11) is 0.577. The predicted octanol–water partition coefficient (Wildman–Crippen LogP) is 2.04. The number of aromatic nitrogens is 2. The lowest BCUT2D eigenvalue weighted by Crippen LogP contribution is -2.51. The third-order valence-corrected chi connectivity index (χ3v) is 5.24. The van der Waals surface area contributed by atoms with E-state index in [2.05, 4.69) is 4.98 Å². The summed E-state index contributed by atoms with van der Waals surface area (Å²) >= 11 is 0. The van der Waals surface area contributed by atoms with E-state index in [4.69, 9.17) is 14.6 Å². The molecule has 3 rings (SSSR count). The summed E-state index contributed by atoms with van der Waals surface area (Å²) in [5.74, 6) is -2.23. The summed E-state index contributed by atoms with van der Waals surface area (Å²) in [4.78, 5) is 29.9. The number of carbonyl (C=O) groups is 1. The number of aliphatic hydroxyl groups is 1. The van der Waals surface area contributed by atoms with Crippen LogP contribution in [0.4, 0.5) is 23.4 Å². The quantitative estimate of drug-likeness (QED) is 0.328. The molecule has 13 heteroatoms. The molecule has 1 aromatic carbocycles. The maximum atomic E-state index is 15.2. The van der Waals surface area contributed by atoms with E-state index in [-0.39, 0.29) is 48.1 Å². The molecule has 1 fully saturated rings. The van der Waals surface area contributed by atoms with Crippen LogP contribution in [0.1, 0.15) is 19.8 Å². The number of benzene rings is 1. The number of hydrogen-bond donors (Lipinski definition) is 1. The van der Waals surface area contributed by atoms with Crippen LogP contribution < -0.4 is 20.2 Å². The van der Waals surface area contributed by atoms with Crippen molar-refractivity contribution in [2.45, 2.75) is 32.1 Å². The molecule has 0 bridgehead atoms. The largest absolute Gasteiger partial charge is 0.498 e. The Hall–Kier alpha value is -3.19. The van der Waals surface area contributed by atoms with Gasteiger partial charge in [0.15, 0.2) is 0 Å². The molecule has 34 heavy (non-hydrogen) atoms. The van der Waals surface area contributed by atoms with Crippen LogP contribution in [0, 0.1) is 5.95 Å². The molecule has 1 aromatic heterocycles. The monoisotopic (exact) mass is 488 g/mol. The fourth-order valence-electron chi connectivity index (χ4n) is 3.52. The van der Waals surface area contributed by atoms with E-state index >= 15 is 4.39 Å². The van der Waals surface area contributed by atoms with Gasteiger partial charge in [-0.25, -0.2) is 9.69 Å². The van der Waals surface area contributed by atoms with Gasteiger partial charge in [-0.05, 0) is 37.6 Å². The summed E-state index contributed by atoms with van der Waals surface area (Å²) in [5, 5.41) is 8.31. The second kappa shape index (κ2) is 10.4. The Labute approximate surface area is 192 Å². The van der Waals surface area contributed by atoms with E-state index in [0.29, 0.717) is 19.2 Å². The standard InChI is InChI=1S/C21H24F4N4O5/c1-13-3-8-16(31)28(13)19-20(32)29(27(2)21(23,24)25)17(18(22)26-19)14-4-6-15(7-5-14)34-12-11-33-10-9-30/h4-7,13,30H,3,8-12H2,1-2H3. The first-order valence-corrected chi connectivity index (χ1v) is 10.4. The average Bonchev–Trinajstić information content (AvgIpc) is 3.12. The van der Waals surface area contributed by atoms with Gasteiger partial charge in [0, 0.05) is 25.1 Å². The van der Waals surface area contributed by atoms with Crippen molar-refractivity contribution >= 4 is 11.7 Å². The van der Waals surface area contributed by atoms with Crippen molar-refractivity contribution < 1.29 is 36.9 Å². The Balaban J connectivity index is 2.02. The number of anilines is 1. The van der Waals surface area contributed by atoms with Crippen LogP contribution in [0.15, 0.2) is 29.1 Å². The van der Waals surface area contributed by atoms with Crippen LogP contribution in [0.2, 0.25) is 0 Å². The number of amides is 1. The highest BCUT2D eigenvalue weighted by molar-refractivity contribution is 5.95. The van der Waals surface area contributed by atoms with Gasteiger partial charge in [0.05, 0.1) is 19.8 Å². The lowest BCUT2D eigenvalue weighted by Gasteiger charge is -2.29. The summed E-state index contributed by atoms with van der Waals surface area (Å²) in [5.41, 5.74) is -2.06. The summed E-state index contributed by atoms with van der Waals surface area (Å²) in [6, 6.07) is 4.84. The van der Waals surface area contributed by atoms with Gasteiger partial charge >= 0.3 is 11.9 Å². The highest BCUT2D eigenvalue weighted by Gasteiger charge is 2.40. The minimum absolute atomic E-state index is 0.0607. The highest BCUT2D eigenvalue weighted by atomic mass is 19.4. The van der Waals surface area contributed by atoms with Crippen LogP contribution in [0.25, 0.3) is 11.3 Å². The van der Waals surface area contributed by atoms with Gasteiger partial charge in [-0.2, -0.15) is 9.37 Å².